The lowest BCUT2D eigenvalue weighted by Crippen LogP contribution is -2.25. The molecule has 0 fully saturated rings. The summed E-state index contributed by atoms with van der Waals surface area (Å²) in [6.45, 7) is 3.02. The van der Waals surface area contributed by atoms with E-state index in [4.69, 9.17) is 16.3 Å². The third-order valence-electron chi connectivity index (χ3n) is 2.66. The molecule has 0 aliphatic heterocycles. The molecule has 4 heteroatoms. The van der Waals surface area contributed by atoms with Gasteiger partial charge in [0.1, 0.15) is 5.75 Å². The van der Waals surface area contributed by atoms with Gasteiger partial charge in [0.05, 0.1) is 7.11 Å². The number of nitrogens with one attached hydrogen (secondary N) is 1. The zero-order valence-corrected chi connectivity index (χ0v) is 12.6. The number of ether oxygens (including phenoxy) is 1. The fourth-order valence-electron chi connectivity index (χ4n) is 1.58. The molecule has 1 N–H and O–H groups in total. The van der Waals surface area contributed by atoms with Crippen molar-refractivity contribution in [2.24, 2.45) is 0 Å². The average Bonchev–Trinajstić information content (AvgIpc) is 2.35. The van der Waals surface area contributed by atoms with Crippen molar-refractivity contribution >= 4 is 27.5 Å². The summed E-state index contributed by atoms with van der Waals surface area (Å²) in [6.07, 6.45) is 2.15. The molecule has 96 valence electrons. The van der Waals surface area contributed by atoms with Gasteiger partial charge in [-0.15, -0.1) is 11.6 Å². The van der Waals surface area contributed by atoms with Gasteiger partial charge in [0, 0.05) is 22.9 Å². The van der Waals surface area contributed by atoms with E-state index in [0.717, 1.165) is 35.5 Å². The van der Waals surface area contributed by atoms with Crippen molar-refractivity contribution < 1.29 is 4.74 Å². The van der Waals surface area contributed by atoms with Crippen LogP contribution in [-0.2, 0) is 6.54 Å². The van der Waals surface area contributed by atoms with Crippen LogP contribution in [0.15, 0.2) is 22.7 Å². The molecule has 1 unspecified atom stereocenters. The lowest BCUT2D eigenvalue weighted by molar-refractivity contribution is 0.413. The molecular formula is C13H19BrClNO. The summed E-state index contributed by atoms with van der Waals surface area (Å²) in [5, 5.41) is 3.48. The third kappa shape index (κ3) is 5.28. The first kappa shape index (κ1) is 14.8. The fourth-order valence-corrected chi connectivity index (χ4v) is 2.12. The maximum absolute atomic E-state index is 5.68. The second-order valence-corrected chi connectivity index (χ2v) is 5.30. The number of hydrogen-bond acceptors (Lipinski definition) is 2. The minimum atomic E-state index is 0.479. The molecule has 17 heavy (non-hydrogen) atoms. The largest absolute Gasteiger partial charge is 0.497 e. The molecule has 1 atom stereocenters. The Morgan fingerprint density at radius 2 is 2.24 bits per heavy atom. The highest BCUT2D eigenvalue weighted by molar-refractivity contribution is 9.10. The standard InChI is InChI=1S/C13H19BrClNO/c1-10(4-3-7-15)16-9-11-8-12(17-2)5-6-13(11)14/h5-6,8,10,16H,3-4,7,9H2,1-2H3. The van der Waals surface area contributed by atoms with Crippen LogP contribution in [0.5, 0.6) is 5.75 Å². The van der Waals surface area contributed by atoms with Crippen LogP contribution >= 0.6 is 27.5 Å². The normalized spacial score (nSPS) is 12.5. The Bertz CT molecular complexity index is 346. The molecule has 0 radical (unpaired) electrons. The average molecular weight is 321 g/mol. The summed E-state index contributed by atoms with van der Waals surface area (Å²) in [5.41, 5.74) is 1.21. The highest BCUT2D eigenvalue weighted by Gasteiger charge is 2.05. The molecule has 1 aromatic rings. The van der Waals surface area contributed by atoms with Gasteiger partial charge in [0.25, 0.3) is 0 Å². The predicted octanol–water partition coefficient (Wildman–Crippen LogP) is 3.95. The van der Waals surface area contributed by atoms with E-state index >= 15 is 0 Å². The summed E-state index contributed by atoms with van der Waals surface area (Å²) in [6, 6.07) is 6.49. The Labute approximate surface area is 117 Å². The molecular weight excluding hydrogens is 302 g/mol. The van der Waals surface area contributed by atoms with E-state index in [1.807, 2.05) is 18.2 Å². The molecule has 0 spiro atoms. The third-order valence-corrected chi connectivity index (χ3v) is 3.71. The van der Waals surface area contributed by atoms with E-state index in [1.54, 1.807) is 7.11 Å². The molecule has 2 nitrogen and oxygen atoms in total. The van der Waals surface area contributed by atoms with Crippen LogP contribution in [0.4, 0.5) is 0 Å². The Morgan fingerprint density at radius 3 is 2.88 bits per heavy atom. The van der Waals surface area contributed by atoms with Crippen molar-refractivity contribution in [3.05, 3.63) is 28.2 Å². The Kier molecular flexibility index (Phi) is 6.93. The summed E-state index contributed by atoms with van der Waals surface area (Å²) >= 11 is 9.22. The van der Waals surface area contributed by atoms with Crippen molar-refractivity contribution in [3.8, 4) is 5.75 Å². The highest BCUT2D eigenvalue weighted by Crippen LogP contribution is 2.22. The van der Waals surface area contributed by atoms with Gasteiger partial charge in [-0.1, -0.05) is 15.9 Å². The monoisotopic (exact) mass is 319 g/mol. The van der Waals surface area contributed by atoms with Crippen LogP contribution in [0.3, 0.4) is 0 Å². The van der Waals surface area contributed by atoms with Gasteiger partial charge in [-0.05, 0) is 43.5 Å². The van der Waals surface area contributed by atoms with Crippen molar-refractivity contribution in [3.63, 3.8) is 0 Å². The Balaban J connectivity index is 2.50. The molecule has 0 aliphatic rings. The van der Waals surface area contributed by atoms with E-state index in [1.165, 1.54) is 5.56 Å². The zero-order valence-electron chi connectivity index (χ0n) is 10.3. The summed E-state index contributed by atoms with van der Waals surface area (Å²) < 4.78 is 6.32. The van der Waals surface area contributed by atoms with Crippen molar-refractivity contribution in [1.29, 1.82) is 0 Å². The number of halogens is 2. The van der Waals surface area contributed by atoms with Gasteiger partial charge in [-0.2, -0.15) is 0 Å². The maximum atomic E-state index is 5.68. The lowest BCUT2D eigenvalue weighted by Gasteiger charge is -2.14. The van der Waals surface area contributed by atoms with Crippen LogP contribution < -0.4 is 10.1 Å². The Hall–Kier alpha value is -0.250. The number of hydrogen-bond donors (Lipinski definition) is 1. The lowest BCUT2D eigenvalue weighted by atomic mass is 10.1. The van der Waals surface area contributed by atoms with Crippen molar-refractivity contribution in [2.45, 2.75) is 32.4 Å². The Morgan fingerprint density at radius 1 is 1.47 bits per heavy atom. The number of benzene rings is 1. The van der Waals surface area contributed by atoms with E-state index < -0.39 is 0 Å². The van der Waals surface area contributed by atoms with Gasteiger partial charge in [0.15, 0.2) is 0 Å². The van der Waals surface area contributed by atoms with Crippen molar-refractivity contribution in [1.82, 2.24) is 5.32 Å². The van der Waals surface area contributed by atoms with E-state index in [2.05, 4.69) is 28.2 Å². The first-order valence-electron chi connectivity index (χ1n) is 5.79. The first-order valence-corrected chi connectivity index (χ1v) is 7.12. The maximum Gasteiger partial charge on any atom is 0.119 e. The molecule has 0 bridgehead atoms. The highest BCUT2D eigenvalue weighted by atomic mass is 79.9. The molecule has 0 saturated heterocycles. The topological polar surface area (TPSA) is 21.3 Å². The molecule has 1 rings (SSSR count). The molecule has 1 aromatic carbocycles. The van der Waals surface area contributed by atoms with Crippen LogP contribution in [-0.4, -0.2) is 19.0 Å². The van der Waals surface area contributed by atoms with Crippen LogP contribution in [0.1, 0.15) is 25.3 Å². The zero-order chi connectivity index (χ0) is 12.7. The summed E-state index contributed by atoms with van der Waals surface area (Å²) in [7, 11) is 1.68. The van der Waals surface area contributed by atoms with E-state index in [0.29, 0.717) is 6.04 Å². The SMILES string of the molecule is COc1ccc(Br)c(CNC(C)CCCCl)c1. The van der Waals surface area contributed by atoms with Gasteiger partial charge < -0.3 is 10.1 Å². The molecule has 0 saturated carbocycles. The number of alkyl halides is 1. The summed E-state index contributed by atoms with van der Waals surface area (Å²) in [4.78, 5) is 0. The van der Waals surface area contributed by atoms with Crippen molar-refractivity contribution in [2.75, 3.05) is 13.0 Å². The fraction of sp³-hybridized carbons (Fsp3) is 0.538. The van der Waals surface area contributed by atoms with E-state index in [-0.39, 0.29) is 0 Å². The number of methoxy groups -OCH3 is 1. The van der Waals surface area contributed by atoms with Gasteiger partial charge in [0.2, 0.25) is 0 Å². The predicted molar refractivity (Wildman–Crippen MR) is 76.9 cm³/mol. The van der Waals surface area contributed by atoms with E-state index in [9.17, 15) is 0 Å². The van der Waals surface area contributed by atoms with Gasteiger partial charge in [-0.3, -0.25) is 0 Å². The van der Waals surface area contributed by atoms with Crippen LogP contribution in [0.25, 0.3) is 0 Å². The second-order valence-electron chi connectivity index (χ2n) is 4.07. The number of rotatable bonds is 7. The van der Waals surface area contributed by atoms with Gasteiger partial charge >= 0.3 is 0 Å². The molecule has 0 amide bonds. The minimum Gasteiger partial charge on any atom is -0.497 e. The molecule has 0 aromatic heterocycles. The van der Waals surface area contributed by atoms with Crippen LogP contribution in [0.2, 0.25) is 0 Å². The second kappa shape index (κ2) is 7.96. The minimum absolute atomic E-state index is 0.479. The summed E-state index contributed by atoms with van der Waals surface area (Å²) in [5.74, 6) is 1.62. The molecule has 0 aliphatic carbocycles. The van der Waals surface area contributed by atoms with Gasteiger partial charge in [-0.25, -0.2) is 0 Å². The molecule has 0 heterocycles. The van der Waals surface area contributed by atoms with Crippen LogP contribution in [0, 0.1) is 0 Å². The quantitative estimate of drug-likeness (QED) is 0.768. The smallest absolute Gasteiger partial charge is 0.119 e. The first-order chi connectivity index (χ1) is 8.17.